The first kappa shape index (κ1) is 42.2. The molecule has 0 spiro atoms. The molecule has 4 N–H and O–H groups in total. The summed E-state index contributed by atoms with van der Waals surface area (Å²) in [5.74, 6) is -1.49. The zero-order chi connectivity index (χ0) is 36.9. The maximum atomic E-state index is 11.2. The molecule has 0 heterocycles. The van der Waals surface area contributed by atoms with Gasteiger partial charge in [-0.15, -0.1) is 0 Å². The third-order valence-electron chi connectivity index (χ3n) is 8.79. The van der Waals surface area contributed by atoms with Crippen LogP contribution in [0.15, 0.2) is 58.5 Å². The Morgan fingerprint density at radius 1 is 0.640 bits per heavy atom. The molecule has 0 saturated heterocycles. The maximum absolute atomic E-state index is 11.2. The number of aryl methyl sites for hydroxylation is 1. The average Bonchev–Trinajstić information content (AvgIpc) is 2.99. The number of hydrogen-bond acceptors (Lipinski definition) is 6. The van der Waals surface area contributed by atoms with E-state index in [4.69, 9.17) is 20.2 Å². The minimum Gasteiger partial charge on any atom is -0.507 e. The second kappa shape index (κ2) is 16.8. The number of nitrogens with zero attached hydrogens (tertiary/aromatic N) is 2. The second-order valence-electron chi connectivity index (χ2n) is 16.1. The van der Waals surface area contributed by atoms with Gasteiger partial charge in [0, 0.05) is 51.5 Å². The van der Waals surface area contributed by atoms with Gasteiger partial charge in [-0.05, 0) is 83.5 Å². The maximum Gasteiger partial charge on any atom is 0.335 e. The number of aromatic carboxylic acids is 2. The Labute approximate surface area is 308 Å². The van der Waals surface area contributed by atoms with Crippen molar-refractivity contribution in [1.82, 2.24) is 0 Å². The summed E-state index contributed by atoms with van der Waals surface area (Å²) in [6, 6.07) is 13.4. The van der Waals surface area contributed by atoms with Crippen molar-refractivity contribution in [2.24, 2.45) is 9.98 Å². The number of carboxylic acids is 2. The fourth-order valence-electron chi connectivity index (χ4n) is 5.78. The molecule has 4 rings (SSSR count). The van der Waals surface area contributed by atoms with E-state index in [9.17, 15) is 19.8 Å². The summed E-state index contributed by atoms with van der Waals surface area (Å²) in [6.45, 7) is 21.4. The van der Waals surface area contributed by atoms with E-state index in [-0.39, 0.29) is 56.2 Å². The van der Waals surface area contributed by atoms with Crippen LogP contribution in [-0.2, 0) is 33.0 Å². The Morgan fingerprint density at radius 3 is 1.38 bits per heavy atom. The first-order chi connectivity index (χ1) is 22.6. The topological polar surface area (TPSA) is 140 Å². The molecule has 1 aliphatic rings. The molecule has 2 atom stereocenters. The Balaban J connectivity index is 0.000000564. The fraction of sp³-hybridized carbons (Fsp3) is 0.463. The Kier molecular flexibility index (Phi) is 14.2. The van der Waals surface area contributed by atoms with Crippen LogP contribution in [0.3, 0.4) is 0 Å². The Bertz CT molecular complexity index is 1670. The van der Waals surface area contributed by atoms with Gasteiger partial charge in [0.15, 0.2) is 0 Å². The van der Waals surface area contributed by atoms with Gasteiger partial charge in [0.1, 0.15) is 11.5 Å². The van der Waals surface area contributed by atoms with Crippen molar-refractivity contribution in [3.8, 4) is 11.5 Å². The minimum atomic E-state index is -1.06. The molecule has 8 nitrogen and oxygen atoms in total. The summed E-state index contributed by atoms with van der Waals surface area (Å²) >= 11 is 0. The van der Waals surface area contributed by atoms with Crippen molar-refractivity contribution in [3.63, 3.8) is 0 Å². The molecular weight excluding hydrogens is 675 g/mol. The molecular formula is C41H54CoN2O6. The summed E-state index contributed by atoms with van der Waals surface area (Å²) in [7, 11) is 0. The first-order valence-corrected chi connectivity index (χ1v) is 16.9. The summed E-state index contributed by atoms with van der Waals surface area (Å²) in [5, 5.41) is 39.1. The van der Waals surface area contributed by atoms with Crippen LogP contribution in [0.25, 0.3) is 0 Å². The van der Waals surface area contributed by atoms with Crippen LogP contribution >= 0.6 is 0 Å². The second-order valence-corrected chi connectivity index (χ2v) is 16.1. The van der Waals surface area contributed by atoms with Crippen molar-refractivity contribution in [2.45, 2.75) is 123 Å². The predicted octanol–water partition coefficient (Wildman–Crippen LogP) is 9.23. The normalized spacial score (nSPS) is 16.8. The minimum absolute atomic E-state index is 0. The van der Waals surface area contributed by atoms with E-state index >= 15 is 0 Å². The van der Waals surface area contributed by atoms with Crippen LogP contribution in [0.5, 0.6) is 11.5 Å². The van der Waals surface area contributed by atoms with E-state index in [0.717, 1.165) is 53.5 Å². The molecule has 1 aliphatic carbocycles. The van der Waals surface area contributed by atoms with Crippen LogP contribution in [0.2, 0.25) is 0 Å². The molecule has 9 heteroatoms. The van der Waals surface area contributed by atoms with Crippen molar-refractivity contribution >= 4 is 24.4 Å². The van der Waals surface area contributed by atoms with Crippen molar-refractivity contribution in [3.05, 3.63) is 93.0 Å². The number of hydrogen-bond donors (Lipinski definition) is 4. The third kappa shape index (κ3) is 11.3. The molecule has 1 fully saturated rings. The summed E-state index contributed by atoms with van der Waals surface area (Å²) in [6.07, 6.45) is 7.89. The average molecular weight is 730 g/mol. The van der Waals surface area contributed by atoms with E-state index in [1.54, 1.807) is 0 Å². The van der Waals surface area contributed by atoms with Gasteiger partial charge in [-0.3, -0.25) is 9.98 Å². The molecule has 0 aromatic heterocycles. The monoisotopic (exact) mass is 729 g/mol. The number of benzene rings is 3. The van der Waals surface area contributed by atoms with Crippen LogP contribution in [0.1, 0.15) is 142 Å². The van der Waals surface area contributed by atoms with Gasteiger partial charge < -0.3 is 20.4 Å². The molecule has 0 bridgehead atoms. The quantitative estimate of drug-likeness (QED) is 0.187. The number of carboxylic acid groups (broad SMARTS) is 2. The molecule has 50 heavy (non-hydrogen) atoms. The third-order valence-corrected chi connectivity index (χ3v) is 8.79. The number of phenolic OH excluding ortho intramolecular Hbond substituents is 2. The molecule has 0 amide bonds. The molecule has 2 unspecified atom stereocenters. The zero-order valence-corrected chi connectivity index (χ0v) is 32.1. The van der Waals surface area contributed by atoms with E-state index in [2.05, 4.69) is 87.4 Å². The molecule has 3 aromatic rings. The van der Waals surface area contributed by atoms with Crippen LogP contribution in [0.4, 0.5) is 0 Å². The van der Waals surface area contributed by atoms with Crippen molar-refractivity contribution in [1.29, 1.82) is 0 Å². The fourth-order valence-corrected chi connectivity index (χ4v) is 5.78. The largest absolute Gasteiger partial charge is 0.507 e. The smallest absolute Gasteiger partial charge is 0.335 e. The van der Waals surface area contributed by atoms with Crippen LogP contribution < -0.4 is 0 Å². The standard InChI is InChI=1S/C33H48N2O2.C8H6O4.Co/c1-21-15-22(29(36)25(16-21)32(5,6)7)19-34-27-13-11-12-14-28(27)35-20-23-17-24(31(2,3)4)18-26(30(23)37)33(8,9)10;9-7(10)5-1-2-6(4-3-5)8(11)12;/h15-20,27-28,36-37H,11-14H2,1-10H3;1-4H,(H,9,10)(H,11,12);. The van der Waals surface area contributed by atoms with E-state index in [1.165, 1.54) is 29.8 Å². The summed E-state index contributed by atoms with van der Waals surface area (Å²) < 4.78 is 0. The van der Waals surface area contributed by atoms with Crippen molar-refractivity contribution in [2.75, 3.05) is 0 Å². The van der Waals surface area contributed by atoms with Gasteiger partial charge in [-0.1, -0.05) is 87.3 Å². The molecule has 1 radical (unpaired) electrons. The zero-order valence-electron chi connectivity index (χ0n) is 31.1. The molecule has 1 saturated carbocycles. The Hall–Kier alpha value is -3.95. The molecule has 3 aromatic carbocycles. The number of phenols is 2. The number of rotatable bonds is 6. The molecule has 0 aliphatic heterocycles. The van der Waals surface area contributed by atoms with Gasteiger partial charge in [-0.25, -0.2) is 9.59 Å². The van der Waals surface area contributed by atoms with Crippen LogP contribution in [0, 0.1) is 6.92 Å². The van der Waals surface area contributed by atoms with Gasteiger partial charge in [0.2, 0.25) is 0 Å². The number of carbonyl (C=O) groups is 2. The number of aromatic hydroxyl groups is 2. The van der Waals surface area contributed by atoms with Crippen LogP contribution in [-0.4, -0.2) is 56.9 Å². The van der Waals surface area contributed by atoms with E-state index < -0.39 is 11.9 Å². The van der Waals surface area contributed by atoms with E-state index in [0.29, 0.717) is 11.5 Å². The SMILES string of the molecule is Cc1cc(C=NC2CCCCC2N=Cc2cc(C(C)(C)C)cc(C(C)(C)C)c2O)c(O)c(C(C)(C)C)c1.O=C(O)c1ccc(C(=O)O)cc1.[Co]. The van der Waals surface area contributed by atoms with E-state index in [1.807, 2.05) is 18.5 Å². The van der Waals surface area contributed by atoms with Gasteiger partial charge in [0.25, 0.3) is 0 Å². The van der Waals surface area contributed by atoms with Gasteiger partial charge >= 0.3 is 11.9 Å². The molecule has 273 valence electrons. The van der Waals surface area contributed by atoms with Gasteiger partial charge in [0.05, 0.1) is 23.2 Å². The Morgan fingerprint density at radius 2 is 1.02 bits per heavy atom. The first-order valence-electron chi connectivity index (χ1n) is 16.9. The summed E-state index contributed by atoms with van der Waals surface area (Å²) in [4.78, 5) is 30.6. The van der Waals surface area contributed by atoms with Gasteiger partial charge in [-0.2, -0.15) is 0 Å². The van der Waals surface area contributed by atoms with Crippen molar-refractivity contribution < 1.29 is 46.8 Å². The predicted molar refractivity (Wildman–Crippen MR) is 199 cm³/mol. The number of aliphatic imine (C=N–C) groups is 2. The summed E-state index contributed by atoms with van der Waals surface area (Å²) in [5.41, 5.74) is 5.56.